The predicted molar refractivity (Wildman–Crippen MR) is 202 cm³/mol. The maximum absolute atomic E-state index is 13.0. The molecule has 4 rings (SSSR count). The van der Waals surface area contributed by atoms with Gasteiger partial charge in [0.05, 0.1) is 17.3 Å². The SMILES string of the molecule is CN=C1C=C(N)CS/C=N/N(C)/C(C)=C/C=C(Cl)/C=C\c2cn(C)c(C(=O)CC#N)c2CCCCc2cc(cc3c2C=CCC3)SC1. The lowest BCUT2D eigenvalue weighted by Crippen LogP contribution is -2.09. The highest BCUT2D eigenvalue weighted by molar-refractivity contribution is 8.12. The number of nitrogens with zero attached hydrogens (tertiary/aromatic N) is 5. The largest absolute Gasteiger partial charge is 0.401 e. The molecular formula is C37H43ClN6OS2. The summed E-state index contributed by atoms with van der Waals surface area (Å²) in [5.41, 5.74) is 17.3. The van der Waals surface area contributed by atoms with Gasteiger partial charge in [-0.05, 0) is 110 Å². The summed E-state index contributed by atoms with van der Waals surface area (Å²) in [5.74, 6) is 1.18. The van der Waals surface area contributed by atoms with Crippen LogP contribution in [-0.2, 0) is 26.3 Å². The molecular weight excluding hydrogens is 644 g/mol. The van der Waals surface area contributed by atoms with E-state index in [1.165, 1.54) is 33.3 Å². The van der Waals surface area contributed by atoms with Crippen LogP contribution in [0.3, 0.4) is 0 Å². The first-order valence-corrected chi connectivity index (χ1v) is 18.2. The molecule has 0 saturated heterocycles. The zero-order chi connectivity index (χ0) is 33.8. The molecule has 1 aliphatic carbocycles. The molecule has 0 unspecified atom stereocenters. The summed E-state index contributed by atoms with van der Waals surface area (Å²) >= 11 is 9.91. The maximum Gasteiger partial charge on any atom is 0.193 e. The Morgan fingerprint density at radius 1 is 1.11 bits per heavy atom. The topological polar surface area (TPSA) is 99.8 Å². The average Bonchev–Trinajstić information content (AvgIpc) is 3.38. The van der Waals surface area contributed by atoms with Crippen LogP contribution in [-0.4, -0.2) is 52.2 Å². The van der Waals surface area contributed by atoms with Crippen molar-refractivity contribution in [2.75, 3.05) is 25.6 Å². The van der Waals surface area contributed by atoms with Crippen LogP contribution >= 0.6 is 35.1 Å². The number of fused-ring (bicyclic) bond motifs is 5. The number of nitrogens with two attached hydrogens (primary N) is 1. The van der Waals surface area contributed by atoms with Crippen LogP contribution in [0.2, 0.25) is 0 Å². The molecule has 47 heavy (non-hydrogen) atoms. The Kier molecular flexibility index (Phi) is 13.8. The number of hydrogen-bond donors (Lipinski definition) is 1. The number of ketones is 1. The van der Waals surface area contributed by atoms with Gasteiger partial charge in [-0.3, -0.25) is 14.8 Å². The van der Waals surface area contributed by atoms with E-state index in [-0.39, 0.29) is 12.2 Å². The van der Waals surface area contributed by atoms with Gasteiger partial charge in [-0.25, -0.2) is 0 Å². The fraction of sp³-hybridized carbons (Fsp3) is 0.351. The second kappa shape index (κ2) is 18.0. The number of rotatable bonds is 2. The van der Waals surface area contributed by atoms with Crippen LogP contribution in [0.4, 0.5) is 0 Å². The molecule has 0 radical (unpaired) electrons. The van der Waals surface area contributed by atoms with Gasteiger partial charge in [0.1, 0.15) is 6.42 Å². The highest BCUT2D eigenvalue weighted by atomic mass is 35.5. The number of allylic oxidation sites excluding steroid dienone is 7. The number of aliphatic imine (C=N–C) groups is 1. The molecule has 2 aromatic rings. The molecule has 2 N–H and O–H groups in total. The Hall–Kier alpha value is -3.71. The molecule has 0 amide bonds. The zero-order valence-corrected chi connectivity index (χ0v) is 30.0. The Bertz CT molecular complexity index is 1720. The average molecular weight is 687 g/mol. The van der Waals surface area contributed by atoms with Crippen LogP contribution in [0.15, 0.2) is 80.1 Å². The number of benzene rings is 1. The van der Waals surface area contributed by atoms with E-state index in [0.717, 1.165) is 72.5 Å². The summed E-state index contributed by atoms with van der Waals surface area (Å²) in [6, 6.07) is 6.68. The first kappa shape index (κ1) is 36.1. The number of carbonyl (C=O) groups is 1. The molecule has 2 aliphatic rings. The number of aryl methyl sites for hydroxylation is 3. The minimum Gasteiger partial charge on any atom is -0.401 e. The number of carbonyl (C=O) groups excluding carboxylic acids is 1. The summed E-state index contributed by atoms with van der Waals surface area (Å²) in [5, 5.41) is 16.1. The second-order valence-corrected chi connectivity index (χ2v) is 13.9. The fourth-order valence-electron chi connectivity index (χ4n) is 5.59. The van der Waals surface area contributed by atoms with Crippen molar-refractivity contribution >= 4 is 64.3 Å². The zero-order valence-electron chi connectivity index (χ0n) is 27.6. The van der Waals surface area contributed by atoms with Crippen molar-refractivity contribution in [1.29, 1.82) is 5.26 Å². The van der Waals surface area contributed by atoms with E-state index in [2.05, 4.69) is 34.4 Å². The first-order valence-electron chi connectivity index (χ1n) is 15.7. The Balaban J connectivity index is 1.68. The number of Topliss-reactive ketones (excluding diaryl/α,β-unsaturated/α-hetero) is 1. The van der Waals surface area contributed by atoms with Gasteiger partial charge in [-0.1, -0.05) is 29.8 Å². The Morgan fingerprint density at radius 3 is 2.64 bits per heavy atom. The highest BCUT2D eigenvalue weighted by Gasteiger charge is 2.19. The van der Waals surface area contributed by atoms with E-state index in [1.807, 2.05) is 75.3 Å². The molecule has 10 heteroatoms. The van der Waals surface area contributed by atoms with Crippen LogP contribution in [0, 0.1) is 11.3 Å². The van der Waals surface area contributed by atoms with Gasteiger partial charge in [0.15, 0.2) is 5.78 Å². The molecule has 7 nitrogen and oxygen atoms in total. The van der Waals surface area contributed by atoms with Gasteiger partial charge in [0.2, 0.25) is 0 Å². The summed E-state index contributed by atoms with van der Waals surface area (Å²) in [7, 11) is 5.55. The van der Waals surface area contributed by atoms with E-state index in [1.54, 1.807) is 22.3 Å². The minimum absolute atomic E-state index is 0.150. The molecule has 2 bridgehead atoms. The van der Waals surface area contributed by atoms with E-state index in [0.29, 0.717) is 16.5 Å². The van der Waals surface area contributed by atoms with Crippen molar-refractivity contribution in [3.63, 3.8) is 0 Å². The highest BCUT2D eigenvalue weighted by Crippen LogP contribution is 2.31. The quantitative estimate of drug-likeness (QED) is 0.319. The number of nitriles is 1. The molecule has 1 aromatic heterocycles. The third-order valence-corrected chi connectivity index (χ3v) is 10.1. The smallest absolute Gasteiger partial charge is 0.193 e. The van der Waals surface area contributed by atoms with Crippen molar-refractivity contribution in [2.45, 2.75) is 56.8 Å². The molecule has 0 saturated carbocycles. The van der Waals surface area contributed by atoms with Gasteiger partial charge >= 0.3 is 0 Å². The molecule has 0 spiro atoms. The third-order valence-electron chi connectivity index (χ3n) is 8.12. The number of hydrazone groups is 1. The summed E-state index contributed by atoms with van der Waals surface area (Å²) < 4.78 is 1.84. The van der Waals surface area contributed by atoms with E-state index >= 15 is 0 Å². The van der Waals surface area contributed by atoms with Crippen LogP contribution in [0.25, 0.3) is 12.2 Å². The van der Waals surface area contributed by atoms with Crippen molar-refractivity contribution in [1.82, 2.24) is 9.58 Å². The summed E-state index contributed by atoms with van der Waals surface area (Å²) in [6.45, 7) is 1.96. The number of thioether (sulfide) groups is 2. The monoisotopic (exact) mass is 686 g/mol. The van der Waals surface area contributed by atoms with Gasteiger partial charge in [0, 0.05) is 65.9 Å². The lowest BCUT2D eigenvalue weighted by molar-refractivity contribution is 0.0989. The Labute approximate surface area is 292 Å². The van der Waals surface area contributed by atoms with Gasteiger partial charge < -0.3 is 10.3 Å². The summed E-state index contributed by atoms with van der Waals surface area (Å²) in [4.78, 5) is 18.8. The fourth-order valence-corrected chi connectivity index (χ4v) is 7.25. The number of halogens is 1. The van der Waals surface area contributed by atoms with E-state index in [4.69, 9.17) is 17.3 Å². The van der Waals surface area contributed by atoms with Crippen molar-refractivity contribution in [3.05, 3.63) is 98.6 Å². The molecule has 1 aliphatic heterocycles. The molecule has 2 heterocycles. The van der Waals surface area contributed by atoms with Crippen molar-refractivity contribution in [3.8, 4) is 6.07 Å². The van der Waals surface area contributed by atoms with Gasteiger partial charge in [-0.2, -0.15) is 10.4 Å². The van der Waals surface area contributed by atoms with E-state index in [9.17, 15) is 10.1 Å². The maximum atomic E-state index is 13.0. The second-order valence-electron chi connectivity index (χ2n) is 11.6. The van der Waals surface area contributed by atoms with Crippen LogP contribution in [0.1, 0.15) is 70.9 Å². The van der Waals surface area contributed by atoms with Gasteiger partial charge in [-0.15, -0.1) is 23.5 Å². The standard InChI is InChI=1S/C37H43ClN6OS2/c1-26-13-15-30(38)16-14-29-22-43(3)37(36(45)17-18-39)35(29)12-8-6-10-28-20-33(19-27-9-5-7-11-34(27)28)47-24-32(41-2)21-31(40)23-46-25-42-44(26)4/h7,11,13-16,19-22,25H,5-6,8-10,12,17,23-24,40H2,1-4H3/b16-14-,26-13+,30-15-,31-21?,41-32?,42-25+. The van der Waals surface area contributed by atoms with Crippen LogP contribution in [0.5, 0.6) is 0 Å². The molecule has 1 aromatic carbocycles. The third kappa shape index (κ3) is 10.4. The Morgan fingerprint density at radius 2 is 1.87 bits per heavy atom. The molecule has 0 fully saturated rings. The lowest BCUT2D eigenvalue weighted by Gasteiger charge is -2.18. The number of aromatic nitrogens is 1. The molecule has 0 atom stereocenters. The molecule has 246 valence electrons. The first-order chi connectivity index (χ1) is 22.7. The minimum atomic E-state index is -0.161. The number of hydrogen-bond acceptors (Lipinski definition) is 8. The summed E-state index contributed by atoms with van der Waals surface area (Å²) in [6.07, 6.45) is 21.5. The lowest BCUT2D eigenvalue weighted by atomic mass is 9.90. The normalized spacial score (nSPS) is 21.4. The van der Waals surface area contributed by atoms with Crippen molar-refractivity contribution < 1.29 is 4.79 Å². The van der Waals surface area contributed by atoms with Crippen molar-refractivity contribution in [2.24, 2.45) is 22.9 Å². The van der Waals surface area contributed by atoms with Gasteiger partial charge in [0.25, 0.3) is 0 Å². The van der Waals surface area contributed by atoms with E-state index < -0.39 is 0 Å². The van der Waals surface area contributed by atoms with Crippen LogP contribution < -0.4 is 5.73 Å². The predicted octanol–water partition coefficient (Wildman–Crippen LogP) is 8.31.